The van der Waals surface area contributed by atoms with Gasteiger partial charge in [-0.2, -0.15) is 0 Å². The van der Waals surface area contributed by atoms with Gasteiger partial charge in [0.05, 0.1) is 7.11 Å². The van der Waals surface area contributed by atoms with Crippen LogP contribution in [0, 0.1) is 0 Å². The molecular formula is C7H16FNOSSi. The number of nitrogens with one attached hydrogen (secondary N) is 1. The van der Waals surface area contributed by atoms with Crippen molar-refractivity contribution in [1.82, 2.24) is 5.32 Å². The third-order valence-corrected chi connectivity index (χ3v) is 3.26. The van der Waals surface area contributed by atoms with E-state index < -0.39 is 8.41 Å². The van der Waals surface area contributed by atoms with Crippen LogP contribution < -0.4 is 5.32 Å². The minimum Gasteiger partial charge on any atom is -0.474 e. The zero-order valence-electron chi connectivity index (χ0n) is 7.82. The molecule has 1 N–H and O–H groups in total. The zero-order chi connectivity index (χ0) is 9.61. The van der Waals surface area contributed by atoms with Gasteiger partial charge in [-0.3, -0.25) is 0 Å². The number of methoxy groups -OCH3 is 1. The van der Waals surface area contributed by atoms with Gasteiger partial charge >= 0.3 is 0 Å². The summed E-state index contributed by atoms with van der Waals surface area (Å²) in [5, 5.41) is 3.25. The van der Waals surface area contributed by atoms with Crippen molar-refractivity contribution in [2.45, 2.75) is 25.6 Å². The molecule has 2 nitrogen and oxygen atoms in total. The van der Waals surface area contributed by atoms with E-state index in [1.165, 1.54) is 7.11 Å². The molecule has 0 saturated heterocycles. The molecule has 5 heteroatoms. The molecule has 0 aliphatic carbocycles. The second-order valence-corrected chi connectivity index (χ2v) is 7.55. The lowest BCUT2D eigenvalue weighted by atomic mass is 10.5. The van der Waals surface area contributed by atoms with Gasteiger partial charge in [0, 0.05) is 6.54 Å². The van der Waals surface area contributed by atoms with Crippen molar-refractivity contribution in [3.63, 3.8) is 0 Å². The summed E-state index contributed by atoms with van der Waals surface area (Å²) in [5.74, 6) is 0. The van der Waals surface area contributed by atoms with Crippen molar-refractivity contribution in [3.05, 3.63) is 0 Å². The average Bonchev–Trinajstić information content (AvgIpc) is 1.96. The summed E-state index contributed by atoms with van der Waals surface area (Å²) >= 11 is 4.75. The fourth-order valence-electron chi connectivity index (χ4n) is 0.771. The summed E-state index contributed by atoms with van der Waals surface area (Å²) < 4.78 is 17.8. The van der Waals surface area contributed by atoms with E-state index in [0.717, 1.165) is 6.42 Å². The Bertz CT molecular complexity index is 149. The summed E-state index contributed by atoms with van der Waals surface area (Å²) in [6.45, 7) is 4.12. The van der Waals surface area contributed by atoms with Crippen LogP contribution in [-0.4, -0.2) is 27.2 Å². The molecule has 0 atom stereocenters. The highest BCUT2D eigenvalue weighted by Crippen LogP contribution is 2.11. The number of thiocarbonyl (C=S) groups is 1. The molecule has 0 radical (unpaired) electrons. The van der Waals surface area contributed by atoms with Crippen LogP contribution in [-0.2, 0) is 4.74 Å². The highest BCUT2D eigenvalue weighted by molar-refractivity contribution is 7.80. The molecule has 0 amide bonds. The van der Waals surface area contributed by atoms with Gasteiger partial charge in [0.25, 0.3) is 5.17 Å². The highest BCUT2D eigenvalue weighted by Gasteiger charge is 2.18. The molecule has 0 aromatic carbocycles. The Morgan fingerprint density at radius 3 is 2.58 bits per heavy atom. The highest BCUT2D eigenvalue weighted by atomic mass is 32.1. The zero-order valence-corrected chi connectivity index (χ0v) is 9.63. The van der Waals surface area contributed by atoms with Crippen LogP contribution in [0.2, 0.25) is 19.1 Å². The van der Waals surface area contributed by atoms with E-state index in [-0.39, 0.29) is 0 Å². The predicted octanol–water partition coefficient (Wildman–Crippen LogP) is 2.07. The number of halogens is 1. The number of rotatable bonds is 4. The first-order chi connectivity index (χ1) is 5.45. The fraction of sp³-hybridized carbons (Fsp3) is 0.857. The molecule has 0 unspecified atom stereocenters. The lowest BCUT2D eigenvalue weighted by Gasteiger charge is -2.11. The molecule has 0 aliphatic rings. The normalized spacial score (nSPS) is 11.0. The third kappa shape index (κ3) is 7.94. The van der Waals surface area contributed by atoms with Crippen LogP contribution in [0.3, 0.4) is 0 Å². The van der Waals surface area contributed by atoms with Crippen molar-refractivity contribution >= 4 is 25.8 Å². The maximum absolute atomic E-state index is 13.0. The van der Waals surface area contributed by atoms with E-state index in [4.69, 9.17) is 17.0 Å². The second kappa shape index (κ2) is 5.48. The van der Waals surface area contributed by atoms with E-state index in [1.54, 1.807) is 13.1 Å². The molecule has 0 aromatic heterocycles. The Kier molecular flexibility index (Phi) is 5.40. The van der Waals surface area contributed by atoms with Crippen LogP contribution in [0.4, 0.5) is 4.11 Å². The van der Waals surface area contributed by atoms with Crippen LogP contribution in [0.1, 0.15) is 6.42 Å². The van der Waals surface area contributed by atoms with Crippen molar-refractivity contribution < 1.29 is 8.84 Å². The molecule has 0 spiro atoms. The van der Waals surface area contributed by atoms with Crippen molar-refractivity contribution in [3.8, 4) is 0 Å². The van der Waals surface area contributed by atoms with Crippen LogP contribution in [0.25, 0.3) is 0 Å². The number of hydrogen-bond donors (Lipinski definition) is 1. The minimum atomic E-state index is -2.36. The lowest BCUT2D eigenvalue weighted by molar-refractivity contribution is 0.393. The summed E-state index contributed by atoms with van der Waals surface area (Å²) in [6, 6.07) is 0.673. The van der Waals surface area contributed by atoms with E-state index in [1.807, 2.05) is 0 Å². The van der Waals surface area contributed by atoms with Gasteiger partial charge in [-0.25, -0.2) is 0 Å². The first-order valence-corrected chi connectivity index (χ1v) is 7.46. The summed E-state index contributed by atoms with van der Waals surface area (Å²) in [7, 11) is -0.846. The van der Waals surface area contributed by atoms with Gasteiger partial charge in [0.1, 0.15) is 0 Å². The molecular weight excluding hydrogens is 193 g/mol. The Labute approximate surface area is 79.7 Å². The van der Waals surface area contributed by atoms with Crippen molar-refractivity contribution in [2.24, 2.45) is 0 Å². The van der Waals surface area contributed by atoms with E-state index >= 15 is 0 Å². The van der Waals surface area contributed by atoms with Gasteiger partial charge in [0.2, 0.25) is 8.41 Å². The van der Waals surface area contributed by atoms with Crippen molar-refractivity contribution in [2.75, 3.05) is 13.7 Å². The molecule has 72 valence electrons. The van der Waals surface area contributed by atoms with Crippen molar-refractivity contribution in [1.29, 1.82) is 0 Å². The van der Waals surface area contributed by atoms with Gasteiger partial charge in [-0.05, 0) is 37.8 Å². The van der Waals surface area contributed by atoms with Crippen LogP contribution >= 0.6 is 12.2 Å². The number of ether oxygens (including phenoxy) is 1. The van der Waals surface area contributed by atoms with Gasteiger partial charge < -0.3 is 14.2 Å². The molecule has 0 saturated carbocycles. The first-order valence-electron chi connectivity index (χ1n) is 3.96. The minimum absolute atomic E-state index is 0.383. The maximum atomic E-state index is 13.0. The van der Waals surface area contributed by atoms with Gasteiger partial charge in [-0.1, -0.05) is 0 Å². The second-order valence-electron chi connectivity index (χ2n) is 3.24. The third-order valence-electron chi connectivity index (χ3n) is 1.40. The van der Waals surface area contributed by atoms with Crippen LogP contribution in [0.5, 0.6) is 0 Å². The maximum Gasteiger partial charge on any atom is 0.256 e. The largest absolute Gasteiger partial charge is 0.474 e. The molecule has 12 heavy (non-hydrogen) atoms. The quantitative estimate of drug-likeness (QED) is 0.331. The molecule has 0 rings (SSSR count). The standard InChI is InChI=1S/C7H16FNOSSi/c1-10-7(11)9-5-4-6-12(2,3)8/h4-6H2,1-3H3,(H,9,11). The Morgan fingerprint density at radius 2 is 2.17 bits per heavy atom. The topological polar surface area (TPSA) is 21.3 Å². The Morgan fingerprint density at radius 1 is 1.58 bits per heavy atom. The smallest absolute Gasteiger partial charge is 0.256 e. The Balaban J connectivity index is 3.28. The van der Waals surface area contributed by atoms with E-state index in [0.29, 0.717) is 17.8 Å². The summed E-state index contributed by atoms with van der Waals surface area (Å²) in [5.41, 5.74) is 0. The molecule has 0 fully saturated rings. The summed E-state index contributed by atoms with van der Waals surface area (Å²) in [6.07, 6.45) is 0.819. The summed E-state index contributed by atoms with van der Waals surface area (Å²) in [4.78, 5) is 0. The van der Waals surface area contributed by atoms with Gasteiger partial charge in [-0.15, -0.1) is 0 Å². The lowest BCUT2D eigenvalue weighted by Crippen LogP contribution is -2.26. The van der Waals surface area contributed by atoms with Crippen LogP contribution in [0.15, 0.2) is 0 Å². The molecule has 0 bridgehead atoms. The first kappa shape index (κ1) is 11.8. The van der Waals surface area contributed by atoms with E-state index in [2.05, 4.69) is 5.32 Å². The fourth-order valence-corrected chi connectivity index (χ4v) is 1.89. The van der Waals surface area contributed by atoms with E-state index in [9.17, 15) is 4.11 Å². The molecule has 0 aliphatic heterocycles. The molecule has 0 aromatic rings. The number of hydrogen-bond acceptors (Lipinski definition) is 2. The predicted molar refractivity (Wildman–Crippen MR) is 55.6 cm³/mol. The average molecular weight is 209 g/mol. The SMILES string of the molecule is COC(=S)NCCC[Si](C)(C)F. The monoisotopic (exact) mass is 209 g/mol. The van der Waals surface area contributed by atoms with Gasteiger partial charge in [0.15, 0.2) is 0 Å². The Hall–Kier alpha value is -0.163. The molecule has 0 heterocycles.